The lowest BCUT2D eigenvalue weighted by Crippen LogP contribution is -2.48. The van der Waals surface area contributed by atoms with Gasteiger partial charge in [0.1, 0.15) is 5.82 Å². The van der Waals surface area contributed by atoms with Crippen molar-refractivity contribution in [1.82, 2.24) is 24.6 Å². The van der Waals surface area contributed by atoms with E-state index in [-0.39, 0.29) is 5.91 Å². The molecule has 1 saturated heterocycles. The fourth-order valence-corrected chi connectivity index (χ4v) is 6.90. The summed E-state index contributed by atoms with van der Waals surface area (Å²) in [6.45, 7) is 7.19. The van der Waals surface area contributed by atoms with Gasteiger partial charge < -0.3 is 9.47 Å². The monoisotopic (exact) mass is 461 g/mol. The summed E-state index contributed by atoms with van der Waals surface area (Å²) in [5, 5.41) is 9.59. The average Bonchev–Trinajstić information content (AvgIpc) is 3.33. The topological polar surface area (TPSA) is 63.9 Å². The Bertz CT molecular complexity index is 974. The number of carbonyl (C=O) groups is 1. The predicted molar refractivity (Wildman–Crippen MR) is 125 cm³/mol. The molecule has 4 rings (SSSR count). The van der Waals surface area contributed by atoms with Gasteiger partial charge in [-0.2, -0.15) is 0 Å². The molecule has 6 nitrogen and oxygen atoms in total. The van der Waals surface area contributed by atoms with Crippen molar-refractivity contribution in [1.29, 1.82) is 0 Å². The first-order valence-electron chi connectivity index (χ1n) is 10.4. The maximum Gasteiger partial charge on any atom is 0.233 e. The van der Waals surface area contributed by atoms with E-state index in [2.05, 4.69) is 51.5 Å². The Kier molecular flexibility index (Phi) is 7.00. The summed E-state index contributed by atoms with van der Waals surface area (Å²) in [6.07, 6.45) is 3.40. The number of piperidine rings is 1. The molecule has 0 bridgehead atoms. The minimum absolute atomic E-state index is 0.204. The molecule has 0 N–H and O–H groups in total. The molecule has 30 heavy (non-hydrogen) atoms. The van der Waals surface area contributed by atoms with Crippen molar-refractivity contribution in [2.75, 3.05) is 5.75 Å². The van der Waals surface area contributed by atoms with E-state index in [4.69, 9.17) is 0 Å². The summed E-state index contributed by atoms with van der Waals surface area (Å²) >= 11 is 4.90. The van der Waals surface area contributed by atoms with E-state index in [0.717, 1.165) is 46.0 Å². The number of rotatable bonds is 7. The standard InChI is InChI=1S/C21H27N5OS3/c1-4-25-18(12-29-21-22-16-10-5-6-11-17(16)30-21)23-24-20(25)28-13-19(27)26-14(2)8-7-9-15(26)3/h5-6,10-11,14-15H,4,7-9,12-13H2,1-3H3/t14-,15+. The summed E-state index contributed by atoms with van der Waals surface area (Å²) in [5.41, 5.74) is 1.04. The number of likely N-dealkylation sites (tertiary alicyclic amines) is 1. The van der Waals surface area contributed by atoms with Crippen LogP contribution in [-0.2, 0) is 17.1 Å². The smallest absolute Gasteiger partial charge is 0.233 e. The predicted octanol–water partition coefficient (Wildman–Crippen LogP) is 5.08. The number of aromatic nitrogens is 4. The molecule has 2 atom stereocenters. The van der Waals surface area contributed by atoms with Crippen molar-refractivity contribution in [3.8, 4) is 0 Å². The number of thioether (sulfide) groups is 2. The van der Waals surface area contributed by atoms with Crippen LogP contribution in [0.4, 0.5) is 0 Å². The Morgan fingerprint density at radius 3 is 2.67 bits per heavy atom. The Balaban J connectivity index is 1.38. The van der Waals surface area contributed by atoms with E-state index < -0.39 is 0 Å². The molecule has 1 amide bonds. The molecule has 0 spiro atoms. The fraction of sp³-hybridized carbons (Fsp3) is 0.524. The number of hydrogen-bond acceptors (Lipinski definition) is 7. The summed E-state index contributed by atoms with van der Waals surface area (Å²) < 4.78 is 4.36. The number of benzene rings is 1. The molecular weight excluding hydrogens is 434 g/mol. The van der Waals surface area contributed by atoms with Crippen LogP contribution in [0.3, 0.4) is 0 Å². The second-order valence-electron chi connectivity index (χ2n) is 7.60. The number of fused-ring (bicyclic) bond motifs is 1. The van der Waals surface area contributed by atoms with Gasteiger partial charge in [-0.25, -0.2) is 4.98 Å². The number of para-hydroxylation sites is 1. The highest BCUT2D eigenvalue weighted by atomic mass is 32.2. The number of thiazole rings is 1. The highest BCUT2D eigenvalue weighted by Gasteiger charge is 2.29. The molecule has 1 aliphatic heterocycles. The van der Waals surface area contributed by atoms with Crippen molar-refractivity contribution < 1.29 is 4.79 Å². The van der Waals surface area contributed by atoms with Crippen LogP contribution in [0.15, 0.2) is 33.8 Å². The Hall–Kier alpha value is -1.58. The van der Waals surface area contributed by atoms with Gasteiger partial charge in [0, 0.05) is 18.6 Å². The lowest BCUT2D eigenvalue weighted by molar-refractivity contribution is -0.134. The van der Waals surface area contributed by atoms with Crippen molar-refractivity contribution in [3.63, 3.8) is 0 Å². The Morgan fingerprint density at radius 2 is 1.93 bits per heavy atom. The number of carbonyl (C=O) groups excluding carboxylic acids is 1. The zero-order chi connectivity index (χ0) is 21.1. The van der Waals surface area contributed by atoms with E-state index >= 15 is 0 Å². The largest absolute Gasteiger partial charge is 0.337 e. The van der Waals surface area contributed by atoms with Crippen molar-refractivity contribution in [3.05, 3.63) is 30.1 Å². The maximum absolute atomic E-state index is 12.8. The number of amides is 1. The Morgan fingerprint density at radius 1 is 1.17 bits per heavy atom. The summed E-state index contributed by atoms with van der Waals surface area (Å²) in [5.74, 6) is 2.26. The van der Waals surface area contributed by atoms with Crippen LogP contribution in [0.1, 0.15) is 45.9 Å². The van der Waals surface area contributed by atoms with Gasteiger partial charge in [-0.05, 0) is 52.2 Å². The highest BCUT2D eigenvalue weighted by molar-refractivity contribution is 8.00. The lowest BCUT2D eigenvalue weighted by atomic mass is 9.98. The lowest BCUT2D eigenvalue weighted by Gasteiger charge is -2.39. The first-order valence-corrected chi connectivity index (χ1v) is 13.2. The third-order valence-corrected chi connectivity index (χ3v) is 8.64. The van der Waals surface area contributed by atoms with Crippen LogP contribution >= 0.6 is 34.9 Å². The van der Waals surface area contributed by atoms with Gasteiger partial charge in [-0.15, -0.1) is 21.5 Å². The van der Waals surface area contributed by atoms with Crippen molar-refractivity contribution >= 4 is 51.0 Å². The van der Waals surface area contributed by atoms with Crippen molar-refractivity contribution in [2.45, 2.75) is 73.9 Å². The molecule has 3 heterocycles. The molecule has 9 heteroatoms. The van der Waals surface area contributed by atoms with Gasteiger partial charge in [0.05, 0.1) is 21.7 Å². The minimum atomic E-state index is 0.204. The van der Waals surface area contributed by atoms with Gasteiger partial charge in [0.15, 0.2) is 9.50 Å². The molecule has 2 aromatic heterocycles. The first kappa shape index (κ1) is 21.6. The van der Waals surface area contributed by atoms with Gasteiger partial charge in [0.25, 0.3) is 0 Å². The van der Waals surface area contributed by atoms with Crippen molar-refractivity contribution in [2.24, 2.45) is 0 Å². The Labute approximate surface area is 189 Å². The van der Waals surface area contributed by atoms with Crippen LogP contribution in [0, 0.1) is 0 Å². The van der Waals surface area contributed by atoms with E-state index in [1.54, 1.807) is 23.1 Å². The van der Waals surface area contributed by atoms with Gasteiger partial charge >= 0.3 is 0 Å². The molecular formula is C21H27N5OS3. The first-order chi connectivity index (χ1) is 14.6. The molecule has 1 aliphatic rings. The summed E-state index contributed by atoms with van der Waals surface area (Å²) in [4.78, 5) is 19.6. The molecule has 1 fully saturated rings. The molecule has 3 aromatic rings. The second kappa shape index (κ2) is 9.70. The van der Waals surface area contributed by atoms with Crippen LogP contribution < -0.4 is 0 Å². The highest BCUT2D eigenvalue weighted by Crippen LogP contribution is 2.32. The molecule has 160 valence electrons. The van der Waals surface area contributed by atoms with E-state index in [0.29, 0.717) is 17.8 Å². The third-order valence-electron chi connectivity index (χ3n) is 5.51. The molecule has 0 saturated carbocycles. The van der Waals surface area contributed by atoms with Gasteiger partial charge in [-0.3, -0.25) is 4.79 Å². The normalized spacial score (nSPS) is 19.5. The maximum atomic E-state index is 12.8. The SMILES string of the molecule is CCn1c(CSc2nc3ccccc3s2)nnc1SCC(=O)N1[C@H](C)CCC[C@@H]1C. The second-order valence-corrected chi connectivity index (χ2v) is 10.8. The van der Waals surface area contributed by atoms with E-state index in [9.17, 15) is 4.79 Å². The van der Waals surface area contributed by atoms with Crippen LogP contribution in [-0.4, -0.2) is 48.4 Å². The van der Waals surface area contributed by atoms with Crippen LogP contribution in [0.5, 0.6) is 0 Å². The third kappa shape index (κ3) is 4.68. The zero-order valence-corrected chi connectivity index (χ0v) is 20.0. The molecule has 1 aromatic carbocycles. The summed E-state index contributed by atoms with van der Waals surface area (Å²) in [7, 11) is 0. The summed E-state index contributed by atoms with van der Waals surface area (Å²) in [6, 6.07) is 8.85. The molecule has 0 radical (unpaired) electrons. The van der Waals surface area contributed by atoms with Gasteiger partial charge in [-0.1, -0.05) is 35.7 Å². The zero-order valence-electron chi connectivity index (χ0n) is 17.6. The van der Waals surface area contributed by atoms with E-state index in [1.807, 2.05) is 18.2 Å². The van der Waals surface area contributed by atoms with Gasteiger partial charge in [0.2, 0.25) is 5.91 Å². The van der Waals surface area contributed by atoms with E-state index in [1.165, 1.54) is 22.9 Å². The molecule has 0 aliphatic carbocycles. The fourth-order valence-electron chi connectivity index (χ4n) is 4.00. The average molecular weight is 462 g/mol. The number of nitrogens with zero attached hydrogens (tertiary/aromatic N) is 5. The molecule has 0 unspecified atom stereocenters. The number of hydrogen-bond donors (Lipinski definition) is 0. The quantitative estimate of drug-likeness (QED) is 0.457. The minimum Gasteiger partial charge on any atom is -0.337 e. The van der Waals surface area contributed by atoms with Crippen LogP contribution in [0.2, 0.25) is 0 Å². The van der Waals surface area contributed by atoms with Crippen LogP contribution in [0.25, 0.3) is 10.2 Å².